The van der Waals surface area contributed by atoms with Crippen LogP contribution in [0.25, 0.3) is 0 Å². The monoisotopic (exact) mass is 235 g/mol. The maximum absolute atomic E-state index is 10.1. The molecule has 0 amide bonds. The van der Waals surface area contributed by atoms with Gasteiger partial charge in [0, 0.05) is 11.6 Å². The van der Waals surface area contributed by atoms with Crippen molar-refractivity contribution in [2.24, 2.45) is 5.73 Å². The van der Waals surface area contributed by atoms with Crippen LogP contribution in [-0.2, 0) is 5.41 Å². The van der Waals surface area contributed by atoms with Gasteiger partial charge in [-0.15, -0.1) is 0 Å². The fraction of sp³-hybridized carbons (Fsp3) is 0.600. The lowest BCUT2D eigenvalue weighted by Crippen LogP contribution is -2.15. The van der Waals surface area contributed by atoms with Crippen molar-refractivity contribution in [1.82, 2.24) is 0 Å². The highest BCUT2D eigenvalue weighted by atomic mass is 16.3. The average molecular weight is 235 g/mol. The second kappa shape index (κ2) is 5.09. The lowest BCUT2D eigenvalue weighted by molar-refractivity contribution is 0.452. The Hall–Kier alpha value is -1.02. The standard InChI is InChI=1S/C15H25NO/c1-6-7-13(16)12-9-11(15(3,4)5)8-10(2)14(12)17/h8-9,13,17H,6-7,16H2,1-5H3. The summed E-state index contributed by atoms with van der Waals surface area (Å²) < 4.78 is 0. The minimum Gasteiger partial charge on any atom is -0.507 e. The van der Waals surface area contributed by atoms with E-state index in [1.165, 1.54) is 5.56 Å². The van der Waals surface area contributed by atoms with Gasteiger partial charge in [0.25, 0.3) is 0 Å². The Kier molecular flexibility index (Phi) is 4.21. The molecule has 96 valence electrons. The number of nitrogens with two attached hydrogens (primary N) is 1. The highest BCUT2D eigenvalue weighted by molar-refractivity contribution is 5.46. The molecule has 1 rings (SSSR count). The van der Waals surface area contributed by atoms with E-state index in [-0.39, 0.29) is 11.5 Å². The number of benzene rings is 1. The maximum atomic E-state index is 10.1. The van der Waals surface area contributed by atoms with Crippen LogP contribution < -0.4 is 5.73 Å². The Balaban J connectivity index is 3.25. The molecule has 0 aliphatic carbocycles. The second-order valence-electron chi connectivity index (χ2n) is 5.88. The third-order valence-corrected chi connectivity index (χ3v) is 3.20. The maximum Gasteiger partial charge on any atom is 0.123 e. The zero-order valence-electron chi connectivity index (χ0n) is 11.7. The lowest BCUT2D eigenvalue weighted by atomic mass is 9.83. The van der Waals surface area contributed by atoms with Crippen LogP contribution in [0.4, 0.5) is 0 Å². The molecule has 0 aromatic heterocycles. The molecule has 0 bridgehead atoms. The van der Waals surface area contributed by atoms with Crippen LogP contribution in [0.5, 0.6) is 5.75 Å². The molecule has 0 saturated heterocycles. The summed E-state index contributed by atoms with van der Waals surface area (Å²) in [4.78, 5) is 0. The van der Waals surface area contributed by atoms with Gasteiger partial charge >= 0.3 is 0 Å². The van der Waals surface area contributed by atoms with E-state index in [0.717, 1.165) is 24.0 Å². The molecule has 0 saturated carbocycles. The van der Waals surface area contributed by atoms with Gasteiger partial charge in [-0.1, -0.05) is 40.2 Å². The normalized spacial score (nSPS) is 13.8. The van der Waals surface area contributed by atoms with Crippen LogP contribution in [0.15, 0.2) is 12.1 Å². The molecule has 0 heterocycles. The van der Waals surface area contributed by atoms with Crippen molar-refractivity contribution in [3.8, 4) is 5.75 Å². The van der Waals surface area contributed by atoms with Gasteiger partial charge in [-0.2, -0.15) is 0 Å². The minimum absolute atomic E-state index is 0.0685. The number of phenols is 1. The Bertz CT molecular complexity index is 391. The number of rotatable bonds is 3. The summed E-state index contributed by atoms with van der Waals surface area (Å²) >= 11 is 0. The first-order valence-electron chi connectivity index (χ1n) is 6.37. The molecule has 0 aliphatic heterocycles. The van der Waals surface area contributed by atoms with Crippen LogP contribution in [0, 0.1) is 6.92 Å². The van der Waals surface area contributed by atoms with Crippen LogP contribution in [-0.4, -0.2) is 5.11 Å². The first kappa shape index (κ1) is 14.0. The topological polar surface area (TPSA) is 46.2 Å². The molecular formula is C15H25NO. The summed E-state index contributed by atoms with van der Waals surface area (Å²) in [5.74, 6) is 0.360. The van der Waals surface area contributed by atoms with Crippen molar-refractivity contribution in [2.45, 2.75) is 58.9 Å². The Morgan fingerprint density at radius 2 is 1.88 bits per heavy atom. The van der Waals surface area contributed by atoms with Gasteiger partial charge in [0.2, 0.25) is 0 Å². The first-order valence-corrected chi connectivity index (χ1v) is 6.37. The summed E-state index contributed by atoms with van der Waals surface area (Å²) in [6.07, 6.45) is 1.93. The number of hydrogen-bond acceptors (Lipinski definition) is 2. The van der Waals surface area contributed by atoms with E-state index in [9.17, 15) is 5.11 Å². The number of hydrogen-bond donors (Lipinski definition) is 2. The smallest absolute Gasteiger partial charge is 0.123 e. The molecule has 0 spiro atoms. The summed E-state index contributed by atoms with van der Waals surface area (Å²) in [6, 6.07) is 4.04. The molecular weight excluding hydrogens is 210 g/mol. The molecule has 0 aliphatic rings. The van der Waals surface area contributed by atoms with Gasteiger partial charge in [-0.3, -0.25) is 0 Å². The van der Waals surface area contributed by atoms with E-state index >= 15 is 0 Å². The molecule has 0 fully saturated rings. The fourth-order valence-electron chi connectivity index (χ4n) is 1.99. The quantitative estimate of drug-likeness (QED) is 0.837. The number of phenolic OH excluding ortho intramolecular Hbond substituents is 1. The Morgan fingerprint density at radius 3 is 2.35 bits per heavy atom. The summed E-state index contributed by atoms with van der Waals surface area (Å²) in [6.45, 7) is 10.6. The largest absolute Gasteiger partial charge is 0.507 e. The summed E-state index contributed by atoms with van der Waals surface area (Å²) in [7, 11) is 0. The minimum atomic E-state index is -0.0685. The molecule has 0 radical (unpaired) electrons. The zero-order valence-corrected chi connectivity index (χ0v) is 11.7. The Labute approximate surface area is 105 Å². The van der Waals surface area contributed by atoms with Crippen LogP contribution in [0.3, 0.4) is 0 Å². The number of aryl methyl sites for hydroxylation is 1. The molecule has 1 aromatic rings. The predicted octanol–water partition coefficient (Wildman–Crippen LogP) is 3.80. The molecule has 17 heavy (non-hydrogen) atoms. The van der Waals surface area contributed by atoms with E-state index in [4.69, 9.17) is 5.73 Å². The van der Waals surface area contributed by atoms with Crippen LogP contribution >= 0.6 is 0 Å². The first-order chi connectivity index (χ1) is 7.77. The molecule has 1 aromatic carbocycles. The van der Waals surface area contributed by atoms with E-state index in [0.29, 0.717) is 5.75 Å². The van der Waals surface area contributed by atoms with Crippen molar-refractivity contribution in [1.29, 1.82) is 0 Å². The molecule has 2 nitrogen and oxygen atoms in total. The van der Waals surface area contributed by atoms with Gasteiger partial charge in [0.15, 0.2) is 0 Å². The van der Waals surface area contributed by atoms with Gasteiger partial charge in [0.05, 0.1) is 0 Å². The van der Waals surface area contributed by atoms with Crippen molar-refractivity contribution < 1.29 is 5.11 Å². The lowest BCUT2D eigenvalue weighted by Gasteiger charge is -2.23. The van der Waals surface area contributed by atoms with Gasteiger partial charge in [-0.25, -0.2) is 0 Å². The molecule has 1 unspecified atom stereocenters. The zero-order chi connectivity index (χ0) is 13.2. The van der Waals surface area contributed by atoms with E-state index in [1.807, 2.05) is 6.92 Å². The fourth-order valence-corrected chi connectivity index (χ4v) is 1.99. The van der Waals surface area contributed by atoms with Crippen molar-refractivity contribution >= 4 is 0 Å². The molecule has 2 heteroatoms. The second-order valence-corrected chi connectivity index (χ2v) is 5.88. The predicted molar refractivity (Wildman–Crippen MR) is 73.4 cm³/mol. The third kappa shape index (κ3) is 3.22. The highest BCUT2D eigenvalue weighted by Crippen LogP contribution is 2.34. The van der Waals surface area contributed by atoms with Crippen LogP contribution in [0.2, 0.25) is 0 Å². The van der Waals surface area contributed by atoms with Crippen molar-refractivity contribution in [2.75, 3.05) is 0 Å². The SMILES string of the molecule is CCCC(N)c1cc(C(C)(C)C)cc(C)c1O. The van der Waals surface area contributed by atoms with E-state index < -0.39 is 0 Å². The van der Waals surface area contributed by atoms with E-state index in [1.54, 1.807) is 0 Å². The number of aromatic hydroxyl groups is 1. The summed E-state index contributed by atoms with van der Waals surface area (Å²) in [5, 5.41) is 10.1. The van der Waals surface area contributed by atoms with Gasteiger partial charge in [0.1, 0.15) is 5.75 Å². The van der Waals surface area contributed by atoms with Crippen LogP contribution in [0.1, 0.15) is 63.3 Å². The van der Waals surface area contributed by atoms with Crippen molar-refractivity contribution in [3.63, 3.8) is 0 Å². The van der Waals surface area contributed by atoms with E-state index in [2.05, 4.69) is 39.8 Å². The molecule has 3 N–H and O–H groups in total. The third-order valence-electron chi connectivity index (χ3n) is 3.20. The summed E-state index contributed by atoms with van der Waals surface area (Å²) in [5.41, 5.74) is 9.24. The Morgan fingerprint density at radius 1 is 1.29 bits per heavy atom. The van der Waals surface area contributed by atoms with Crippen molar-refractivity contribution in [3.05, 3.63) is 28.8 Å². The van der Waals surface area contributed by atoms with Gasteiger partial charge in [-0.05, 0) is 36.0 Å². The highest BCUT2D eigenvalue weighted by Gasteiger charge is 2.19. The average Bonchev–Trinajstić information content (AvgIpc) is 2.20. The van der Waals surface area contributed by atoms with Gasteiger partial charge < -0.3 is 10.8 Å². The molecule has 1 atom stereocenters.